The van der Waals surface area contributed by atoms with Crippen molar-refractivity contribution in [3.63, 3.8) is 0 Å². The summed E-state index contributed by atoms with van der Waals surface area (Å²) in [7, 11) is 0. The number of amides is 1. The van der Waals surface area contributed by atoms with E-state index in [0.717, 1.165) is 29.4 Å². The number of aromatic nitrogens is 1. The number of aliphatic carboxylic acids is 1. The van der Waals surface area contributed by atoms with Crippen molar-refractivity contribution in [2.45, 2.75) is 23.4 Å². The number of benzene rings is 2. The molecule has 1 saturated heterocycles. The number of carbonyl (C=O) groups is 2. The molecule has 1 atom stereocenters. The molecule has 0 bridgehead atoms. The standard InChI is InChI=1S/C23H24FN3O4S2/c24-18-4-3-16-7-15(1-2-17(16)8-18)11-27-5-6-31-20(12-27)10-25-21(28)14-33-23-26-19(13-32-23)9-22(29)30/h1-4,7-8,13,20H,5-6,9-12,14H2,(H,25,28)(H,29,30)/t20-/m0/s1. The zero-order chi connectivity index (χ0) is 23.2. The number of hydrogen-bond donors (Lipinski definition) is 2. The van der Waals surface area contributed by atoms with E-state index in [1.54, 1.807) is 11.4 Å². The third kappa shape index (κ3) is 6.97. The van der Waals surface area contributed by atoms with Crippen LogP contribution in [0.25, 0.3) is 10.8 Å². The van der Waals surface area contributed by atoms with Crippen LogP contribution in [0.3, 0.4) is 0 Å². The van der Waals surface area contributed by atoms with Gasteiger partial charge in [0.1, 0.15) is 5.82 Å². The number of carbonyl (C=O) groups excluding carboxylic acids is 1. The Hall–Kier alpha value is -2.53. The van der Waals surface area contributed by atoms with Gasteiger partial charge in [0.05, 0.1) is 30.6 Å². The molecule has 0 unspecified atom stereocenters. The van der Waals surface area contributed by atoms with Gasteiger partial charge in [0, 0.05) is 31.6 Å². The second-order valence-electron chi connectivity index (χ2n) is 7.82. The predicted molar refractivity (Wildman–Crippen MR) is 126 cm³/mol. The molecule has 174 valence electrons. The van der Waals surface area contributed by atoms with E-state index in [9.17, 15) is 14.0 Å². The maximum Gasteiger partial charge on any atom is 0.309 e. The first-order chi connectivity index (χ1) is 15.9. The van der Waals surface area contributed by atoms with Gasteiger partial charge in [-0.1, -0.05) is 30.0 Å². The number of thiazole rings is 1. The third-order valence-corrected chi connectivity index (χ3v) is 7.28. The number of ether oxygens (including phenoxy) is 1. The molecule has 7 nitrogen and oxygen atoms in total. The van der Waals surface area contributed by atoms with Crippen molar-refractivity contribution < 1.29 is 23.8 Å². The maximum absolute atomic E-state index is 13.4. The zero-order valence-corrected chi connectivity index (χ0v) is 19.5. The van der Waals surface area contributed by atoms with Gasteiger partial charge in [-0.05, 0) is 34.5 Å². The van der Waals surface area contributed by atoms with Crippen molar-refractivity contribution in [3.8, 4) is 0 Å². The van der Waals surface area contributed by atoms with Crippen molar-refractivity contribution >= 4 is 45.7 Å². The van der Waals surface area contributed by atoms with Crippen LogP contribution >= 0.6 is 23.1 Å². The Labute approximate surface area is 199 Å². The number of nitrogens with one attached hydrogen (secondary N) is 1. The summed E-state index contributed by atoms with van der Waals surface area (Å²) in [5.74, 6) is -1.06. The number of carboxylic acids is 1. The van der Waals surface area contributed by atoms with E-state index in [1.807, 2.05) is 12.1 Å². The maximum atomic E-state index is 13.4. The highest BCUT2D eigenvalue weighted by molar-refractivity contribution is 8.01. The van der Waals surface area contributed by atoms with Gasteiger partial charge in [-0.15, -0.1) is 11.3 Å². The summed E-state index contributed by atoms with van der Waals surface area (Å²) in [6.07, 6.45) is -0.208. The highest BCUT2D eigenvalue weighted by Crippen LogP contribution is 2.23. The lowest BCUT2D eigenvalue weighted by molar-refractivity contribution is -0.136. The SMILES string of the molecule is O=C(O)Cc1csc(SCC(=O)NC[C@H]2CN(Cc3ccc4cc(F)ccc4c3)CCO2)n1. The van der Waals surface area contributed by atoms with E-state index < -0.39 is 5.97 Å². The van der Waals surface area contributed by atoms with Gasteiger partial charge in [0.25, 0.3) is 0 Å². The fourth-order valence-corrected chi connectivity index (χ4v) is 5.34. The predicted octanol–water partition coefficient (Wildman–Crippen LogP) is 3.17. The van der Waals surface area contributed by atoms with Crippen molar-refractivity contribution in [2.75, 3.05) is 32.0 Å². The van der Waals surface area contributed by atoms with E-state index in [0.29, 0.717) is 29.7 Å². The van der Waals surface area contributed by atoms with Crippen molar-refractivity contribution in [1.29, 1.82) is 0 Å². The molecule has 1 amide bonds. The van der Waals surface area contributed by atoms with Crippen LogP contribution in [0.5, 0.6) is 0 Å². The lowest BCUT2D eigenvalue weighted by atomic mass is 10.1. The number of thioether (sulfide) groups is 1. The molecule has 2 N–H and O–H groups in total. The topological polar surface area (TPSA) is 91.8 Å². The quantitative estimate of drug-likeness (QED) is 0.446. The average molecular weight is 490 g/mol. The Balaban J connectivity index is 1.21. The lowest BCUT2D eigenvalue weighted by Gasteiger charge is -2.33. The molecule has 4 rings (SSSR count). The van der Waals surface area contributed by atoms with Crippen LogP contribution in [0.4, 0.5) is 4.39 Å². The number of rotatable bonds is 9. The van der Waals surface area contributed by atoms with Crippen molar-refractivity contribution in [2.24, 2.45) is 0 Å². The fourth-order valence-electron chi connectivity index (χ4n) is 3.67. The molecule has 3 aromatic rings. The van der Waals surface area contributed by atoms with Gasteiger partial charge in [-0.25, -0.2) is 9.37 Å². The van der Waals surface area contributed by atoms with Gasteiger partial charge in [0.15, 0.2) is 4.34 Å². The van der Waals surface area contributed by atoms with E-state index in [-0.39, 0.29) is 30.0 Å². The minimum Gasteiger partial charge on any atom is -0.481 e. The number of morpholine rings is 1. The van der Waals surface area contributed by atoms with Crippen LogP contribution in [0.15, 0.2) is 46.1 Å². The molecule has 1 aliphatic heterocycles. The second-order valence-corrected chi connectivity index (χ2v) is 9.90. The van der Waals surface area contributed by atoms with Gasteiger partial charge < -0.3 is 15.2 Å². The first-order valence-corrected chi connectivity index (χ1v) is 12.4. The van der Waals surface area contributed by atoms with E-state index in [2.05, 4.69) is 21.3 Å². The number of nitrogens with zero attached hydrogens (tertiary/aromatic N) is 2. The zero-order valence-electron chi connectivity index (χ0n) is 17.8. The summed E-state index contributed by atoms with van der Waals surface area (Å²) < 4.78 is 19.9. The third-order valence-electron chi connectivity index (χ3n) is 5.21. The number of hydrogen-bond acceptors (Lipinski definition) is 7. The van der Waals surface area contributed by atoms with Gasteiger partial charge in [0.2, 0.25) is 5.91 Å². The van der Waals surface area contributed by atoms with Crippen LogP contribution in [-0.2, 0) is 27.3 Å². The molecule has 1 aliphatic rings. The summed E-state index contributed by atoms with van der Waals surface area (Å²) >= 11 is 2.64. The first-order valence-electron chi connectivity index (χ1n) is 10.5. The molecule has 0 spiro atoms. The molecular formula is C23H24FN3O4S2. The van der Waals surface area contributed by atoms with Crippen molar-refractivity contribution in [3.05, 3.63) is 58.9 Å². The minimum atomic E-state index is -0.924. The molecule has 0 aliphatic carbocycles. The minimum absolute atomic E-state index is 0.0933. The summed E-state index contributed by atoms with van der Waals surface area (Å²) in [6, 6.07) is 10.8. The summed E-state index contributed by atoms with van der Waals surface area (Å²) in [6.45, 7) is 3.30. The monoisotopic (exact) mass is 489 g/mol. The molecule has 2 heterocycles. The molecule has 1 fully saturated rings. The normalized spacial score (nSPS) is 16.7. The molecule has 0 saturated carbocycles. The Morgan fingerprint density at radius 2 is 2.09 bits per heavy atom. The van der Waals surface area contributed by atoms with Crippen molar-refractivity contribution in [1.82, 2.24) is 15.2 Å². The largest absolute Gasteiger partial charge is 0.481 e. The van der Waals surface area contributed by atoms with E-state index >= 15 is 0 Å². The molecule has 1 aromatic heterocycles. The lowest BCUT2D eigenvalue weighted by Crippen LogP contribution is -2.47. The number of halogens is 1. The Kier molecular flexibility index (Phi) is 7.92. The Morgan fingerprint density at radius 1 is 1.27 bits per heavy atom. The van der Waals surface area contributed by atoms with E-state index in [4.69, 9.17) is 9.84 Å². The first kappa shape index (κ1) is 23.6. The van der Waals surface area contributed by atoms with Crippen LogP contribution in [-0.4, -0.2) is 65.0 Å². The number of fused-ring (bicyclic) bond motifs is 1. The molecule has 0 radical (unpaired) electrons. The molecule has 2 aromatic carbocycles. The van der Waals surface area contributed by atoms with Gasteiger partial charge in [-0.3, -0.25) is 14.5 Å². The average Bonchev–Trinajstić information content (AvgIpc) is 3.23. The smallest absolute Gasteiger partial charge is 0.309 e. The van der Waals surface area contributed by atoms with Gasteiger partial charge >= 0.3 is 5.97 Å². The fraction of sp³-hybridized carbons (Fsp3) is 0.348. The van der Waals surface area contributed by atoms with Crippen LogP contribution < -0.4 is 5.32 Å². The number of carboxylic acid groups (broad SMARTS) is 1. The van der Waals surface area contributed by atoms with Crippen LogP contribution in [0.2, 0.25) is 0 Å². The second kappa shape index (κ2) is 11.1. The highest BCUT2D eigenvalue weighted by atomic mass is 32.2. The summed E-state index contributed by atoms with van der Waals surface area (Å²) in [4.78, 5) is 29.5. The molecule has 10 heteroatoms. The summed E-state index contributed by atoms with van der Waals surface area (Å²) in [5.41, 5.74) is 1.66. The van der Waals surface area contributed by atoms with Gasteiger partial charge in [-0.2, -0.15) is 0 Å². The Morgan fingerprint density at radius 3 is 2.94 bits per heavy atom. The molecule has 33 heavy (non-hydrogen) atoms. The van der Waals surface area contributed by atoms with Crippen LogP contribution in [0, 0.1) is 5.82 Å². The van der Waals surface area contributed by atoms with Crippen LogP contribution in [0.1, 0.15) is 11.3 Å². The highest BCUT2D eigenvalue weighted by Gasteiger charge is 2.21. The molecular weight excluding hydrogens is 465 g/mol. The summed E-state index contributed by atoms with van der Waals surface area (Å²) in [5, 5.41) is 15.3. The van der Waals surface area contributed by atoms with E-state index in [1.165, 1.54) is 35.2 Å². The Bertz CT molecular complexity index is 1140.